The number of amides is 1. The quantitative estimate of drug-likeness (QED) is 0.692. The highest BCUT2D eigenvalue weighted by Crippen LogP contribution is 2.18. The van der Waals surface area contributed by atoms with Crippen LogP contribution in [0.2, 0.25) is 0 Å². The first-order chi connectivity index (χ1) is 13.9. The number of hydrogen-bond acceptors (Lipinski definition) is 5. The molecule has 156 valence electrons. The van der Waals surface area contributed by atoms with Crippen LogP contribution in [0.15, 0.2) is 53.4 Å². The van der Waals surface area contributed by atoms with Gasteiger partial charge in [-0.15, -0.1) is 0 Å². The summed E-state index contributed by atoms with van der Waals surface area (Å²) in [5, 5.41) is 0. The summed E-state index contributed by atoms with van der Waals surface area (Å²) in [6.45, 7) is 5.12. The fourth-order valence-corrected chi connectivity index (χ4v) is 4.69. The Labute approximate surface area is 173 Å². The fourth-order valence-electron chi connectivity index (χ4n) is 3.38. The molecule has 0 spiro atoms. The second-order valence-corrected chi connectivity index (χ2v) is 9.49. The van der Waals surface area contributed by atoms with Crippen molar-refractivity contribution in [3.63, 3.8) is 0 Å². The van der Waals surface area contributed by atoms with Crippen molar-refractivity contribution in [3.05, 3.63) is 59.7 Å². The average Bonchev–Trinajstić information content (AvgIpc) is 2.74. The van der Waals surface area contributed by atoms with Gasteiger partial charge in [-0.05, 0) is 30.7 Å². The molecule has 0 radical (unpaired) electrons. The van der Waals surface area contributed by atoms with Crippen LogP contribution in [0.5, 0.6) is 5.75 Å². The maximum absolute atomic E-state index is 12.6. The van der Waals surface area contributed by atoms with Crippen LogP contribution < -0.4 is 4.74 Å². The summed E-state index contributed by atoms with van der Waals surface area (Å²) >= 11 is 0. The Hall–Kier alpha value is -2.38. The first-order valence-electron chi connectivity index (χ1n) is 9.80. The van der Waals surface area contributed by atoms with Gasteiger partial charge in [0.05, 0.1) is 24.2 Å². The van der Waals surface area contributed by atoms with Crippen LogP contribution in [-0.4, -0.2) is 69.7 Å². The Morgan fingerprint density at radius 3 is 2.38 bits per heavy atom. The average molecular weight is 417 g/mol. The van der Waals surface area contributed by atoms with E-state index in [4.69, 9.17) is 4.74 Å². The lowest BCUT2D eigenvalue weighted by molar-refractivity contribution is -0.132. The second-order valence-electron chi connectivity index (χ2n) is 7.38. The number of rotatable bonds is 7. The van der Waals surface area contributed by atoms with E-state index in [0.717, 1.165) is 5.56 Å². The fraction of sp³-hybridized carbons (Fsp3) is 0.409. The van der Waals surface area contributed by atoms with Crippen molar-refractivity contribution in [3.8, 4) is 5.75 Å². The molecule has 1 aliphatic rings. The van der Waals surface area contributed by atoms with E-state index in [2.05, 4.69) is 4.90 Å². The Bertz CT molecular complexity index is 934. The van der Waals surface area contributed by atoms with E-state index in [0.29, 0.717) is 44.9 Å². The molecule has 1 saturated heterocycles. The standard InChI is InChI=1S/C22H28N2O4S/c1-18-6-8-19(9-7-18)16-22(25)24-12-10-23(11-13-24)14-15-29(26,27)21-5-3-4-20(17-21)28-2/h3-9,17H,10-16H2,1-2H3. The maximum Gasteiger partial charge on any atom is 0.227 e. The first-order valence-corrected chi connectivity index (χ1v) is 11.4. The first kappa shape index (κ1) is 21.3. The van der Waals surface area contributed by atoms with Crippen molar-refractivity contribution in [1.82, 2.24) is 9.80 Å². The molecule has 0 aliphatic carbocycles. The van der Waals surface area contributed by atoms with E-state index in [1.54, 1.807) is 24.3 Å². The van der Waals surface area contributed by atoms with Crippen molar-refractivity contribution in [2.24, 2.45) is 0 Å². The lowest BCUT2D eigenvalue weighted by Gasteiger charge is -2.34. The van der Waals surface area contributed by atoms with Gasteiger partial charge in [0.1, 0.15) is 5.75 Å². The third-order valence-electron chi connectivity index (χ3n) is 5.28. The molecule has 29 heavy (non-hydrogen) atoms. The molecular formula is C22H28N2O4S. The summed E-state index contributed by atoms with van der Waals surface area (Å²) in [4.78, 5) is 16.8. The predicted molar refractivity (Wildman–Crippen MR) is 113 cm³/mol. The van der Waals surface area contributed by atoms with Gasteiger partial charge in [-0.1, -0.05) is 35.9 Å². The smallest absolute Gasteiger partial charge is 0.227 e. The Morgan fingerprint density at radius 2 is 1.72 bits per heavy atom. The highest BCUT2D eigenvalue weighted by Gasteiger charge is 2.23. The minimum absolute atomic E-state index is 0.0531. The third-order valence-corrected chi connectivity index (χ3v) is 6.97. The van der Waals surface area contributed by atoms with Crippen LogP contribution in [-0.2, 0) is 21.1 Å². The summed E-state index contributed by atoms with van der Waals surface area (Å²) in [7, 11) is -1.85. The van der Waals surface area contributed by atoms with Crippen molar-refractivity contribution >= 4 is 15.7 Å². The summed E-state index contributed by atoms with van der Waals surface area (Å²) in [6.07, 6.45) is 0.407. The highest BCUT2D eigenvalue weighted by atomic mass is 32.2. The van der Waals surface area contributed by atoms with Gasteiger partial charge in [0.2, 0.25) is 5.91 Å². The van der Waals surface area contributed by atoms with Crippen molar-refractivity contribution < 1.29 is 17.9 Å². The van der Waals surface area contributed by atoms with Gasteiger partial charge in [-0.2, -0.15) is 0 Å². The van der Waals surface area contributed by atoms with E-state index in [1.807, 2.05) is 36.1 Å². The minimum atomic E-state index is -3.37. The SMILES string of the molecule is COc1cccc(S(=O)(=O)CCN2CCN(C(=O)Cc3ccc(C)cc3)CC2)c1. The molecule has 3 rings (SSSR count). The van der Waals surface area contributed by atoms with Gasteiger partial charge in [-0.3, -0.25) is 9.69 Å². The predicted octanol–water partition coefficient (Wildman–Crippen LogP) is 2.16. The second kappa shape index (κ2) is 9.41. The molecule has 1 aliphatic heterocycles. The van der Waals surface area contributed by atoms with E-state index >= 15 is 0 Å². The number of hydrogen-bond donors (Lipinski definition) is 0. The Morgan fingerprint density at radius 1 is 1.03 bits per heavy atom. The van der Waals surface area contributed by atoms with Gasteiger partial charge in [0, 0.05) is 32.7 Å². The molecule has 1 heterocycles. The lowest BCUT2D eigenvalue weighted by atomic mass is 10.1. The van der Waals surface area contributed by atoms with Gasteiger partial charge in [-0.25, -0.2) is 8.42 Å². The zero-order valence-corrected chi connectivity index (χ0v) is 17.8. The number of carbonyl (C=O) groups is 1. The van der Waals surface area contributed by atoms with E-state index < -0.39 is 9.84 Å². The number of methoxy groups -OCH3 is 1. The molecule has 0 bridgehead atoms. The molecule has 0 saturated carbocycles. The number of benzene rings is 2. The molecule has 6 nitrogen and oxygen atoms in total. The van der Waals surface area contributed by atoms with E-state index in [1.165, 1.54) is 12.7 Å². The number of nitrogens with zero attached hydrogens (tertiary/aromatic N) is 2. The van der Waals surface area contributed by atoms with Crippen LogP contribution in [0.1, 0.15) is 11.1 Å². The van der Waals surface area contributed by atoms with Crippen LogP contribution in [0.3, 0.4) is 0 Å². The monoisotopic (exact) mass is 416 g/mol. The van der Waals surface area contributed by atoms with Gasteiger partial charge in [0.15, 0.2) is 9.84 Å². The summed E-state index contributed by atoms with van der Waals surface area (Å²) in [5.74, 6) is 0.710. The van der Waals surface area contributed by atoms with Crippen LogP contribution in [0.4, 0.5) is 0 Å². The summed E-state index contributed by atoms with van der Waals surface area (Å²) < 4.78 is 30.3. The zero-order valence-electron chi connectivity index (χ0n) is 17.0. The third kappa shape index (κ3) is 5.81. The lowest BCUT2D eigenvalue weighted by Crippen LogP contribution is -2.50. The largest absolute Gasteiger partial charge is 0.497 e. The molecule has 7 heteroatoms. The summed E-state index contributed by atoms with van der Waals surface area (Å²) in [5.41, 5.74) is 2.20. The molecule has 1 fully saturated rings. The highest BCUT2D eigenvalue weighted by molar-refractivity contribution is 7.91. The Kier molecular flexibility index (Phi) is 6.92. The molecule has 0 unspecified atom stereocenters. The molecule has 1 amide bonds. The van der Waals surface area contributed by atoms with Crippen LogP contribution in [0.25, 0.3) is 0 Å². The molecule has 0 atom stereocenters. The van der Waals surface area contributed by atoms with Gasteiger partial charge >= 0.3 is 0 Å². The minimum Gasteiger partial charge on any atom is -0.497 e. The molecule has 2 aromatic rings. The van der Waals surface area contributed by atoms with E-state index in [-0.39, 0.29) is 16.6 Å². The number of piperazine rings is 1. The Balaban J connectivity index is 1.48. The van der Waals surface area contributed by atoms with Crippen molar-refractivity contribution in [2.45, 2.75) is 18.2 Å². The summed E-state index contributed by atoms with van der Waals surface area (Å²) in [6, 6.07) is 14.6. The maximum atomic E-state index is 12.6. The molecule has 0 N–H and O–H groups in total. The normalized spacial score (nSPS) is 15.3. The van der Waals surface area contributed by atoms with Gasteiger partial charge in [0.25, 0.3) is 0 Å². The van der Waals surface area contributed by atoms with Crippen molar-refractivity contribution in [2.75, 3.05) is 45.6 Å². The number of carbonyl (C=O) groups excluding carboxylic acids is 1. The number of ether oxygens (including phenoxy) is 1. The zero-order chi connectivity index (χ0) is 20.9. The number of sulfone groups is 1. The van der Waals surface area contributed by atoms with Crippen LogP contribution in [0, 0.1) is 6.92 Å². The van der Waals surface area contributed by atoms with Crippen molar-refractivity contribution in [1.29, 1.82) is 0 Å². The van der Waals surface area contributed by atoms with E-state index in [9.17, 15) is 13.2 Å². The number of aryl methyl sites for hydroxylation is 1. The molecule has 0 aromatic heterocycles. The van der Waals surface area contributed by atoms with Crippen LogP contribution >= 0.6 is 0 Å². The molecular weight excluding hydrogens is 388 g/mol. The topological polar surface area (TPSA) is 66.9 Å². The van der Waals surface area contributed by atoms with Gasteiger partial charge < -0.3 is 9.64 Å². The molecule has 2 aromatic carbocycles.